The first kappa shape index (κ1) is 23.6. The van der Waals surface area contributed by atoms with Crippen molar-refractivity contribution >= 4 is 29.3 Å². The Balaban J connectivity index is 2.23. The molecule has 2 rings (SSSR count). The number of aliphatic hydroxyl groups excluding tert-OH is 1. The third kappa shape index (κ3) is 6.67. The van der Waals surface area contributed by atoms with E-state index < -0.39 is 23.6 Å². The fourth-order valence-electron chi connectivity index (χ4n) is 2.78. The van der Waals surface area contributed by atoms with Crippen molar-refractivity contribution in [2.24, 2.45) is 0 Å². The van der Waals surface area contributed by atoms with Crippen LogP contribution >= 0.6 is 23.4 Å². The lowest BCUT2D eigenvalue weighted by atomic mass is 10.0. The number of carbonyl (C=O) groups excluding carboxylic acids is 1. The van der Waals surface area contributed by atoms with Gasteiger partial charge in [0.15, 0.2) is 0 Å². The van der Waals surface area contributed by atoms with Gasteiger partial charge in [-0.1, -0.05) is 37.2 Å². The molecule has 0 heterocycles. The predicted molar refractivity (Wildman–Crippen MR) is 111 cm³/mol. The summed E-state index contributed by atoms with van der Waals surface area (Å²) < 4.78 is 32.9. The zero-order valence-corrected chi connectivity index (χ0v) is 18.0. The van der Waals surface area contributed by atoms with Crippen LogP contribution in [0.3, 0.4) is 0 Å². The predicted octanol–water partition coefficient (Wildman–Crippen LogP) is 4.56. The van der Waals surface area contributed by atoms with Gasteiger partial charge in [0.1, 0.15) is 11.6 Å². The third-order valence-electron chi connectivity index (χ3n) is 4.20. The Labute approximate surface area is 178 Å². The quantitative estimate of drug-likeness (QED) is 0.596. The molecule has 8 heteroatoms. The number of benzene rings is 2. The van der Waals surface area contributed by atoms with E-state index in [1.165, 1.54) is 37.1 Å². The summed E-state index contributed by atoms with van der Waals surface area (Å²) in [5.74, 6) is -1.29. The van der Waals surface area contributed by atoms with Crippen molar-refractivity contribution in [3.8, 4) is 0 Å². The lowest BCUT2D eigenvalue weighted by Gasteiger charge is -2.16. The van der Waals surface area contributed by atoms with E-state index in [-0.39, 0.29) is 36.1 Å². The van der Waals surface area contributed by atoms with Gasteiger partial charge in [-0.15, -0.1) is 0 Å². The van der Waals surface area contributed by atoms with Crippen LogP contribution in [0.25, 0.3) is 0 Å². The van der Waals surface area contributed by atoms with E-state index in [0.29, 0.717) is 9.79 Å². The van der Waals surface area contributed by atoms with Crippen LogP contribution in [0.1, 0.15) is 30.9 Å². The first-order chi connectivity index (χ1) is 13.7. The molecule has 2 aromatic carbocycles. The Morgan fingerprint density at radius 2 is 2.00 bits per heavy atom. The molecule has 0 spiro atoms. The fourth-order valence-corrected chi connectivity index (χ4v) is 4.25. The van der Waals surface area contributed by atoms with Gasteiger partial charge in [-0.25, -0.2) is 8.78 Å². The number of aliphatic hydroxyl groups is 1. The summed E-state index contributed by atoms with van der Waals surface area (Å²) in [5, 5.41) is 12.1. The molecule has 0 aromatic heterocycles. The number of halogens is 3. The van der Waals surface area contributed by atoms with E-state index in [4.69, 9.17) is 16.3 Å². The first-order valence-corrected chi connectivity index (χ1v) is 10.3. The lowest BCUT2D eigenvalue weighted by molar-refractivity contribution is -0.121. The lowest BCUT2D eigenvalue weighted by Crippen LogP contribution is -2.41. The summed E-state index contributed by atoms with van der Waals surface area (Å²) in [6.07, 6.45) is -0.186. The number of methoxy groups -OCH3 is 1. The molecule has 1 atom stereocenters. The molecule has 0 unspecified atom stereocenters. The van der Waals surface area contributed by atoms with Crippen LogP contribution in [0.4, 0.5) is 8.78 Å². The second-order valence-electron chi connectivity index (χ2n) is 6.90. The molecule has 0 aliphatic carbocycles. The van der Waals surface area contributed by atoms with Crippen molar-refractivity contribution < 1.29 is 23.4 Å². The molecular weight excluding hydrogens is 420 g/mol. The number of hydrogen-bond acceptors (Lipinski definition) is 4. The van der Waals surface area contributed by atoms with Gasteiger partial charge in [0.05, 0.1) is 30.7 Å². The third-order valence-corrected chi connectivity index (χ3v) is 5.76. The molecule has 0 radical (unpaired) electrons. The minimum atomic E-state index is -0.556. The van der Waals surface area contributed by atoms with E-state index >= 15 is 0 Å². The number of carbonyl (C=O) groups is 1. The number of rotatable bonds is 9. The Morgan fingerprint density at radius 1 is 1.28 bits per heavy atom. The minimum absolute atomic E-state index is 0.0487. The fraction of sp³-hybridized carbons (Fsp3) is 0.381. The molecule has 4 nitrogen and oxygen atoms in total. The normalized spacial score (nSPS) is 12.3. The molecule has 0 bridgehead atoms. The van der Waals surface area contributed by atoms with Crippen LogP contribution in [0.2, 0.25) is 5.02 Å². The molecule has 0 fully saturated rings. The highest BCUT2D eigenvalue weighted by molar-refractivity contribution is 7.99. The Bertz CT molecular complexity index is 864. The van der Waals surface area contributed by atoms with Crippen LogP contribution in [0.15, 0.2) is 40.1 Å². The molecule has 0 saturated heterocycles. The highest BCUT2D eigenvalue weighted by Gasteiger charge is 2.17. The zero-order chi connectivity index (χ0) is 21.6. The van der Waals surface area contributed by atoms with Gasteiger partial charge in [-0.05, 0) is 47.4 Å². The van der Waals surface area contributed by atoms with E-state index in [2.05, 4.69) is 5.32 Å². The molecular formula is C21H24ClF2NO3S. The van der Waals surface area contributed by atoms with Crippen molar-refractivity contribution in [2.45, 2.75) is 42.0 Å². The van der Waals surface area contributed by atoms with E-state index in [9.17, 15) is 18.7 Å². The number of ether oxygens (including phenoxy) is 1. The zero-order valence-electron chi connectivity index (χ0n) is 16.5. The number of hydrogen-bond donors (Lipinski definition) is 2. The van der Waals surface area contributed by atoms with Crippen LogP contribution in [-0.2, 0) is 16.0 Å². The average Bonchev–Trinajstić information content (AvgIpc) is 2.65. The maximum atomic E-state index is 14.2. The SMILES string of the molecule is COC[C@@H](CO)NC(=O)Cc1cc(Sc2c(Cl)cc(F)cc2C(C)C)ccc1F. The smallest absolute Gasteiger partial charge is 0.224 e. The summed E-state index contributed by atoms with van der Waals surface area (Å²) in [7, 11) is 1.46. The minimum Gasteiger partial charge on any atom is -0.394 e. The maximum Gasteiger partial charge on any atom is 0.224 e. The van der Waals surface area contributed by atoms with Crippen LogP contribution < -0.4 is 5.32 Å². The van der Waals surface area contributed by atoms with Crippen molar-refractivity contribution in [1.82, 2.24) is 5.32 Å². The Morgan fingerprint density at radius 3 is 2.62 bits per heavy atom. The van der Waals surface area contributed by atoms with Gasteiger partial charge in [0.2, 0.25) is 5.91 Å². The molecule has 0 saturated carbocycles. The molecule has 29 heavy (non-hydrogen) atoms. The van der Waals surface area contributed by atoms with E-state index in [0.717, 1.165) is 5.56 Å². The van der Waals surface area contributed by atoms with Crippen LogP contribution in [-0.4, -0.2) is 37.4 Å². The number of nitrogens with one attached hydrogen (secondary N) is 1. The van der Waals surface area contributed by atoms with Crippen molar-refractivity contribution in [1.29, 1.82) is 0 Å². The monoisotopic (exact) mass is 443 g/mol. The largest absolute Gasteiger partial charge is 0.394 e. The Hall–Kier alpha value is -1.67. The van der Waals surface area contributed by atoms with Crippen LogP contribution in [0.5, 0.6) is 0 Å². The summed E-state index contributed by atoms with van der Waals surface area (Å²) >= 11 is 7.55. The number of amides is 1. The summed E-state index contributed by atoms with van der Waals surface area (Å²) in [5.41, 5.74) is 0.972. The topological polar surface area (TPSA) is 58.6 Å². The van der Waals surface area contributed by atoms with Gasteiger partial charge >= 0.3 is 0 Å². The summed E-state index contributed by atoms with van der Waals surface area (Å²) in [6, 6.07) is 6.59. The molecule has 0 aliphatic heterocycles. The van der Waals surface area contributed by atoms with Gasteiger partial charge in [-0.3, -0.25) is 4.79 Å². The Kier molecular flexibility index (Phi) is 8.89. The molecule has 158 valence electrons. The first-order valence-electron chi connectivity index (χ1n) is 9.09. The second kappa shape index (κ2) is 10.9. The van der Waals surface area contributed by atoms with Crippen LogP contribution in [0, 0.1) is 11.6 Å². The highest BCUT2D eigenvalue weighted by atomic mass is 35.5. The van der Waals surface area contributed by atoms with Crippen molar-refractivity contribution in [2.75, 3.05) is 20.3 Å². The maximum absolute atomic E-state index is 14.2. The summed E-state index contributed by atoms with van der Waals surface area (Å²) in [4.78, 5) is 13.6. The van der Waals surface area contributed by atoms with Gasteiger partial charge in [-0.2, -0.15) is 0 Å². The van der Waals surface area contributed by atoms with Gasteiger partial charge in [0.25, 0.3) is 0 Å². The van der Waals surface area contributed by atoms with Gasteiger partial charge < -0.3 is 15.2 Å². The van der Waals surface area contributed by atoms with Gasteiger partial charge in [0, 0.05) is 16.9 Å². The summed E-state index contributed by atoms with van der Waals surface area (Å²) in [6.45, 7) is 3.75. The average molecular weight is 444 g/mol. The second-order valence-corrected chi connectivity index (χ2v) is 8.39. The highest BCUT2D eigenvalue weighted by Crippen LogP contribution is 2.40. The molecule has 1 amide bonds. The molecule has 0 aliphatic rings. The molecule has 2 aromatic rings. The van der Waals surface area contributed by atoms with E-state index in [1.807, 2.05) is 13.8 Å². The molecule has 2 N–H and O–H groups in total. The van der Waals surface area contributed by atoms with Crippen molar-refractivity contribution in [3.05, 3.63) is 58.1 Å². The van der Waals surface area contributed by atoms with E-state index in [1.54, 1.807) is 12.1 Å². The standard InChI is InChI=1S/C21H24ClF2NO3S/c1-12(2)17-8-14(23)9-18(22)21(17)29-16-4-5-19(24)13(6-16)7-20(27)25-15(10-26)11-28-3/h4-6,8-9,12,15,26H,7,10-11H2,1-3H3,(H,25,27)/t15-/m1/s1. The van der Waals surface area contributed by atoms with Crippen molar-refractivity contribution in [3.63, 3.8) is 0 Å².